The molecule has 0 saturated heterocycles. The third-order valence-electron chi connectivity index (χ3n) is 4.74. The average Bonchev–Trinajstić information content (AvgIpc) is 2.46. The molecule has 0 unspecified atom stereocenters. The Kier molecular flexibility index (Phi) is 18.5. The molecule has 0 atom stereocenters. The molecule has 2 N–H and O–H groups in total. The first-order valence-corrected chi connectivity index (χ1v) is 9.95. The molecule has 0 radical (unpaired) electrons. The largest absolute Gasteiger partial charge is 0.322 e. The van der Waals surface area contributed by atoms with Gasteiger partial charge in [0.2, 0.25) is 0 Å². The van der Waals surface area contributed by atoms with Gasteiger partial charge in [-0.05, 0) is 26.7 Å². The molecule has 0 heterocycles. The lowest BCUT2D eigenvalue weighted by molar-refractivity contribution is 0.526. The minimum atomic E-state index is -0.198. The molecule has 1 nitrogen and oxygen atoms in total. The molecule has 0 aromatic carbocycles. The van der Waals surface area contributed by atoms with Crippen LogP contribution in [0.1, 0.15) is 117 Å². The third-order valence-corrected chi connectivity index (χ3v) is 4.74. The van der Waals surface area contributed by atoms with E-state index in [0.29, 0.717) is 0 Å². The molecule has 23 heavy (non-hydrogen) atoms. The van der Waals surface area contributed by atoms with Crippen LogP contribution in [0.15, 0.2) is 12.2 Å². The second-order valence-electron chi connectivity index (χ2n) is 7.67. The van der Waals surface area contributed by atoms with Crippen molar-refractivity contribution in [3.63, 3.8) is 0 Å². The molecule has 0 fully saturated rings. The van der Waals surface area contributed by atoms with E-state index < -0.39 is 0 Å². The van der Waals surface area contributed by atoms with E-state index in [2.05, 4.69) is 27.4 Å². The van der Waals surface area contributed by atoms with Crippen molar-refractivity contribution in [3.8, 4) is 0 Å². The lowest BCUT2D eigenvalue weighted by Gasteiger charge is -2.21. The highest BCUT2D eigenvalue weighted by Gasteiger charge is 2.14. The number of rotatable bonds is 16. The zero-order chi connectivity index (χ0) is 16.7. The standard InChI is InChI=1S/C21H43N.ClH/c1-5-6-7-8-9-10-11-12-13-14-15-16-17-18-19-20(2)21(3,4)22;/h2,5-19,22H2,1,3-4H3;1H. The summed E-state index contributed by atoms with van der Waals surface area (Å²) in [6, 6.07) is 0. The summed E-state index contributed by atoms with van der Waals surface area (Å²) in [5.41, 5.74) is 7.04. The fourth-order valence-corrected chi connectivity index (χ4v) is 2.86. The minimum Gasteiger partial charge on any atom is -0.322 e. The van der Waals surface area contributed by atoms with Gasteiger partial charge in [0.1, 0.15) is 0 Å². The highest BCUT2D eigenvalue weighted by atomic mass is 35.5. The first kappa shape index (κ1) is 25.2. The molecular formula is C21H44ClN. The number of hydrogen-bond donors (Lipinski definition) is 1. The molecule has 0 aliphatic carbocycles. The van der Waals surface area contributed by atoms with Crippen molar-refractivity contribution in [3.05, 3.63) is 12.2 Å². The van der Waals surface area contributed by atoms with E-state index >= 15 is 0 Å². The molecule has 0 rings (SSSR count). The van der Waals surface area contributed by atoms with Gasteiger partial charge in [-0.1, -0.05) is 103 Å². The summed E-state index contributed by atoms with van der Waals surface area (Å²) in [5.74, 6) is 0. The van der Waals surface area contributed by atoms with Crippen LogP contribution in [-0.2, 0) is 0 Å². The zero-order valence-electron chi connectivity index (χ0n) is 16.3. The van der Waals surface area contributed by atoms with E-state index in [-0.39, 0.29) is 17.9 Å². The first-order chi connectivity index (χ1) is 10.5. The fraction of sp³-hybridized carbons (Fsp3) is 0.905. The summed E-state index contributed by atoms with van der Waals surface area (Å²) in [7, 11) is 0. The van der Waals surface area contributed by atoms with Gasteiger partial charge < -0.3 is 5.73 Å². The van der Waals surface area contributed by atoms with Crippen LogP contribution in [0.5, 0.6) is 0 Å². The van der Waals surface area contributed by atoms with Crippen molar-refractivity contribution in [2.45, 2.75) is 123 Å². The topological polar surface area (TPSA) is 26.0 Å². The second-order valence-corrected chi connectivity index (χ2v) is 7.67. The molecule has 0 aliphatic heterocycles. The molecule has 140 valence electrons. The summed E-state index contributed by atoms with van der Waals surface area (Å²) in [5, 5.41) is 0. The van der Waals surface area contributed by atoms with Crippen molar-refractivity contribution < 1.29 is 0 Å². The van der Waals surface area contributed by atoms with Crippen LogP contribution in [-0.4, -0.2) is 5.54 Å². The van der Waals surface area contributed by atoms with Gasteiger partial charge in [-0.15, -0.1) is 12.4 Å². The van der Waals surface area contributed by atoms with E-state index in [1.807, 2.05) is 0 Å². The Morgan fingerprint density at radius 2 is 1.00 bits per heavy atom. The maximum absolute atomic E-state index is 6.03. The van der Waals surface area contributed by atoms with Crippen molar-refractivity contribution in [1.82, 2.24) is 0 Å². The number of nitrogens with two attached hydrogens (primary N) is 1. The average molecular weight is 346 g/mol. The lowest BCUT2D eigenvalue weighted by Crippen LogP contribution is -2.33. The van der Waals surface area contributed by atoms with Gasteiger partial charge in [0.25, 0.3) is 0 Å². The smallest absolute Gasteiger partial charge is 0.0308 e. The Labute approximate surface area is 153 Å². The van der Waals surface area contributed by atoms with Gasteiger partial charge in [0, 0.05) is 5.54 Å². The number of halogens is 1. The van der Waals surface area contributed by atoms with E-state index in [0.717, 1.165) is 6.42 Å². The van der Waals surface area contributed by atoms with Crippen LogP contribution in [0.4, 0.5) is 0 Å². The predicted molar refractivity (Wildman–Crippen MR) is 110 cm³/mol. The Balaban J connectivity index is 0. The minimum absolute atomic E-state index is 0. The molecule has 0 spiro atoms. The number of unbranched alkanes of at least 4 members (excludes halogenated alkanes) is 13. The summed E-state index contributed by atoms with van der Waals surface area (Å²) >= 11 is 0. The highest BCUT2D eigenvalue weighted by molar-refractivity contribution is 5.85. The van der Waals surface area contributed by atoms with Crippen LogP contribution in [0.2, 0.25) is 0 Å². The van der Waals surface area contributed by atoms with Gasteiger partial charge in [0.05, 0.1) is 0 Å². The number of hydrogen-bond acceptors (Lipinski definition) is 1. The first-order valence-electron chi connectivity index (χ1n) is 9.95. The Bertz CT molecular complexity index is 255. The second kappa shape index (κ2) is 16.8. The summed E-state index contributed by atoms with van der Waals surface area (Å²) in [6.07, 6.45) is 20.9. The molecular weight excluding hydrogens is 302 g/mol. The predicted octanol–water partition coefficient (Wildman–Crippen LogP) is 7.57. The maximum Gasteiger partial charge on any atom is 0.0308 e. The van der Waals surface area contributed by atoms with Gasteiger partial charge in [0.15, 0.2) is 0 Å². The van der Waals surface area contributed by atoms with Gasteiger partial charge in [-0.25, -0.2) is 0 Å². The van der Waals surface area contributed by atoms with Crippen LogP contribution in [0.3, 0.4) is 0 Å². The molecule has 0 bridgehead atoms. The van der Waals surface area contributed by atoms with E-state index in [1.165, 1.54) is 95.5 Å². The van der Waals surface area contributed by atoms with Crippen LogP contribution >= 0.6 is 12.4 Å². The van der Waals surface area contributed by atoms with Crippen molar-refractivity contribution in [2.75, 3.05) is 0 Å². The molecule has 2 heteroatoms. The van der Waals surface area contributed by atoms with Crippen molar-refractivity contribution in [2.24, 2.45) is 5.73 Å². The van der Waals surface area contributed by atoms with Gasteiger partial charge >= 0.3 is 0 Å². The maximum atomic E-state index is 6.03. The molecule has 0 amide bonds. The normalized spacial score (nSPS) is 11.3. The molecule has 0 aromatic rings. The fourth-order valence-electron chi connectivity index (χ4n) is 2.86. The lowest BCUT2D eigenvalue weighted by atomic mass is 9.92. The highest BCUT2D eigenvalue weighted by Crippen LogP contribution is 2.18. The van der Waals surface area contributed by atoms with E-state index in [4.69, 9.17) is 5.73 Å². The summed E-state index contributed by atoms with van der Waals surface area (Å²) in [6.45, 7) is 10.5. The van der Waals surface area contributed by atoms with Gasteiger partial charge in [-0.2, -0.15) is 0 Å². The van der Waals surface area contributed by atoms with Crippen LogP contribution < -0.4 is 5.73 Å². The Hall–Kier alpha value is -0.0100. The Morgan fingerprint density at radius 1 is 0.696 bits per heavy atom. The monoisotopic (exact) mass is 345 g/mol. The summed E-state index contributed by atoms with van der Waals surface area (Å²) < 4.78 is 0. The van der Waals surface area contributed by atoms with Crippen LogP contribution in [0.25, 0.3) is 0 Å². The quantitative estimate of drug-likeness (QED) is 0.226. The van der Waals surface area contributed by atoms with E-state index in [9.17, 15) is 0 Å². The molecule has 0 aromatic heterocycles. The van der Waals surface area contributed by atoms with Crippen molar-refractivity contribution >= 4 is 12.4 Å². The third kappa shape index (κ3) is 18.2. The van der Waals surface area contributed by atoms with Crippen molar-refractivity contribution in [1.29, 1.82) is 0 Å². The van der Waals surface area contributed by atoms with Crippen LogP contribution in [0, 0.1) is 0 Å². The van der Waals surface area contributed by atoms with E-state index in [1.54, 1.807) is 0 Å². The molecule has 0 aliphatic rings. The molecule has 0 saturated carbocycles. The van der Waals surface area contributed by atoms with Gasteiger partial charge in [-0.3, -0.25) is 0 Å². The summed E-state index contributed by atoms with van der Waals surface area (Å²) in [4.78, 5) is 0. The Morgan fingerprint density at radius 3 is 1.30 bits per heavy atom. The zero-order valence-corrected chi connectivity index (χ0v) is 17.1. The SMILES string of the molecule is C=C(CCCCCCCCCCCCCCCC)C(C)(C)N.Cl.